The van der Waals surface area contributed by atoms with Crippen LogP contribution in [0.4, 0.5) is 0 Å². The molecule has 0 aromatic heterocycles. The van der Waals surface area contributed by atoms with Crippen LogP contribution in [0.2, 0.25) is 0 Å². The number of benzene rings is 2. The number of carbonyl (C=O) groups excluding carboxylic acids is 1. The quantitative estimate of drug-likeness (QED) is 0.816. The molecule has 3 heteroatoms. The maximum absolute atomic E-state index is 11.9. The maximum Gasteiger partial charge on any atom is 0.306 e. The molecule has 0 bridgehead atoms. The maximum atomic E-state index is 11.9. The molecule has 0 aliphatic carbocycles. The van der Waals surface area contributed by atoms with Crippen molar-refractivity contribution in [2.24, 2.45) is 5.73 Å². The second-order valence-electron chi connectivity index (χ2n) is 6.37. The van der Waals surface area contributed by atoms with E-state index in [1.165, 1.54) is 5.56 Å². The van der Waals surface area contributed by atoms with Crippen molar-refractivity contribution in [2.75, 3.05) is 6.61 Å². The first-order valence-electron chi connectivity index (χ1n) is 8.01. The predicted molar refractivity (Wildman–Crippen MR) is 94.1 cm³/mol. The lowest BCUT2D eigenvalue weighted by molar-refractivity contribution is -0.143. The Morgan fingerprint density at radius 3 is 2.13 bits per heavy atom. The van der Waals surface area contributed by atoms with Crippen LogP contribution in [-0.2, 0) is 9.53 Å². The lowest BCUT2D eigenvalue weighted by Crippen LogP contribution is -2.40. The second-order valence-corrected chi connectivity index (χ2v) is 6.37. The minimum atomic E-state index is -0.499. The molecule has 3 nitrogen and oxygen atoms in total. The molecule has 122 valence electrons. The Hall–Kier alpha value is -2.13. The van der Waals surface area contributed by atoms with Crippen LogP contribution in [0, 0.1) is 0 Å². The molecule has 0 amide bonds. The van der Waals surface area contributed by atoms with Gasteiger partial charge in [-0.1, -0.05) is 54.6 Å². The Balaban J connectivity index is 2.24. The zero-order chi connectivity index (χ0) is 16.9. The highest BCUT2D eigenvalue weighted by Gasteiger charge is 2.29. The topological polar surface area (TPSA) is 52.3 Å². The Bertz CT molecular complexity index is 627. The fourth-order valence-corrected chi connectivity index (χ4v) is 2.74. The first-order chi connectivity index (χ1) is 10.9. The summed E-state index contributed by atoms with van der Waals surface area (Å²) in [4.78, 5) is 11.9. The van der Waals surface area contributed by atoms with E-state index < -0.39 is 5.54 Å². The summed E-state index contributed by atoms with van der Waals surface area (Å²) >= 11 is 0. The van der Waals surface area contributed by atoms with E-state index in [1.54, 1.807) is 0 Å². The van der Waals surface area contributed by atoms with Gasteiger partial charge in [0.1, 0.15) is 0 Å². The molecule has 0 aliphatic rings. The molecule has 2 aromatic rings. The first kappa shape index (κ1) is 17.2. The van der Waals surface area contributed by atoms with Crippen molar-refractivity contribution in [2.45, 2.75) is 38.6 Å². The van der Waals surface area contributed by atoms with Gasteiger partial charge < -0.3 is 10.5 Å². The summed E-state index contributed by atoms with van der Waals surface area (Å²) in [6.45, 7) is 6.10. The number of nitrogens with two attached hydrogens (primary N) is 1. The van der Waals surface area contributed by atoms with E-state index in [0.29, 0.717) is 13.0 Å². The standard InChI is InChI=1S/C20H25NO2/c1-4-23-19(22)14-18(20(2,3)21)17-12-10-16(11-13-17)15-8-6-5-7-9-15/h5-13,18H,4,14,21H2,1-3H3/t18-/m1/s1. The highest BCUT2D eigenvalue weighted by molar-refractivity contribution is 5.71. The van der Waals surface area contributed by atoms with E-state index in [9.17, 15) is 4.79 Å². The van der Waals surface area contributed by atoms with Crippen LogP contribution in [0.3, 0.4) is 0 Å². The molecule has 2 rings (SSSR count). The van der Waals surface area contributed by atoms with Crippen LogP contribution >= 0.6 is 0 Å². The van der Waals surface area contributed by atoms with Crippen molar-refractivity contribution in [3.05, 3.63) is 60.2 Å². The molecule has 0 aliphatic heterocycles. The van der Waals surface area contributed by atoms with E-state index in [2.05, 4.69) is 36.4 Å². The van der Waals surface area contributed by atoms with Gasteiger partial charge in [-0.25, -0.2) is 0 Å². The molecule has 0 saturated heterocycles. The van der Waals surface area contributed by atoms with Crippen LogP contribution in [0.5, 0.6) is 0 Å². The molecule has 2 N–H and O–H groups in total. The molecule has 0 spiro atoms. The SMILES string of the molecule is CCOC(=O)C[C@H](c1ccc(-c2ccccc2)cc1)C(C)(C)N. The van der Waals surface area contributed by atoms with Gasteiger partial charge in [0.05, 0.1) is 13.0 Å². The molecule has 0 radical (unpaired) electrons. The molecule has 0 fully saturated rings. The summed E-state index contributed by atoms with van der Waals surface area (Å²) in [6, 6.07) is 18.5. The summed E-state index contributed by atoms with van der Waals surface area (Å²) in [7, 11) is 0. The van der Waals surface area contributed by atoms with E-state index in [0.717, 1.165) is 11.1 Å². The zero-order valence-corrected chi connectivity index (χ0v) is 14.1. The van der Waals surface area contributed by atoms with Gasteiger partial charge in [0, 0.05) is 11.5 Å². The third kappa shape index (κ3) is 4.67. The summed E-state index contributed by atoms with van der Waals surface area (Å²) in [5.74, 6) is -0.283. The van der Waals surface area contributed by atoms with Gasteiger partial charge in [-0.2, -0.15) is 0 Å². The minimum absolute atomic E-state index is 0.0774. The monoisotopic (exact) mass is 311 g/mol. The summed E-state index contributed by atoms with van der Waals surface area (Å²) in [6.07, 6.45) is 0.294. The average molecular weight is 311 g/mol. The lowest BCUT2D eigenvalue weighted by Gasteiger charge is -2.30. The van der Waals surface area contributed by atoms with Crippen LogP contribution in [0.1, 0.15) is 38.7 Å². The Labute approximate surface area is 138 Å². The van der Waals surface area contributed by atoms with Crippen molar-refractivity contribution in [3.8, 4) is 11.1 Å². The molecule has 0 unspecified atom stereocenters. The first-order valence-corrected chi connectivity index (χ1v) is 8.01. The normalized spacial score (nSPS) is 12.7. The van der Waals surface area contributed by atoms with Crippen molar-refractivity contribution in [3.63, 3.8) is 0 Å². The Kier molecular flexibility index (Phi) is 5.56. The largest absolute Gasteiger partial charge is 0.466 e. The van der Waals surface area contributed by atoms with Gasteiger partial charge in [-0.05, 0) is 37.5 Å². The molecule has 23 heavy (non-hydrogen) atoms. The summed E-state index contributed by atoms with van der Waals surface area (Å²) in [5, 5.41) is 0. The highest BCUT2D eigenvalue weighted by Crippen LogP contribution is 2.31. The van der Waals surface area contributed by atoms with Gasteiger partial charge >= 0.3 is 5.97 Å². The van der Waals surface area contributed by atoms with Gasteiger partial charge in [-0.15, -0.1) is 0 Å². The molecule has 0 heterocycles. The van der Waals surface area contributed by atoms with Crippen LogP contribution in [0.15, 0.2) is 54.6 Å². The predicted octanol–water partition coefficient (Wildman–Crippen LogP) is 4.13. The fraction of sp³-hybridized carbons (Fsp3) is 0.350. The van der Waals surface area contributed by atoms with Crippen LogP contribution in [0.25, 0.3) is 11.1 Å². The average Bonchev–Trinajstić information content (AvgIpc) is 2.53. The number of ether oxygens (including phenoxy) is 1. The Morgan fingerprint density at radius 2 is 1.61 bits per heavy atom. The van der Waals surface area contributed by atoms with E-state index in [-0.39, 0.29) is 11.9 Å². The molecule has 1 atom stereocenters. The fourth-order valence-electron chi connectivity index (χ4n) is 2.74. The molecular weight excluding hydrogens is 286 g/mol. The summed E-state index contributed by atoms with van der Waals surface area (Å²) < 4.78 is 5.09. The number of hydrogen-bond donors (Lipinski definition) is 1. The molecule has 2 aromatic carbocycles. The van der Waals surface area contributed by atoms with Crippen molar-refractivity contribution in [1.82, 2.24) is 0 Å². The van der Waals surface area contributed by atoms with Crippen LogP contribution in [-0.4, -0.2) is 18.1 Å². The van der Waals surface area contributed by atoms with Crippen molar-refractivity contribution < 1.29 is 9.53 Å². The number of carbonyl (C=O) groups is 1. The van der Waals surface area contributed by atoms with E-state index in [4.69, 9.17) is 10.5 Å². The van der Waals surface area contributed by atoms with Gasteiger partial charge in [-0.3, -0.25) is 4.79 Å². The second kappa shape index (κ2) is 7.42. The molecule has 0 saturated carbocycles. The Morgan fingerprint density at radius 1 is 1.04 bits per heavy atom. The van der Waals surface area contributed by atoms with E-state index in [1.807, 2.05) is 39.0 Å². The van der Waals surface area contributed by atoms with E-state index >= 15 is 0 Å². The van der Waals surface area contributed by atoms with Crippen LogP contribution < -0.4 is 5.73 Å². The number of hydrogen-bond acceptors (Lipinski definition) is 3. The lowest BCUT2D eigenvalue weighted by atomic mass is 9.80. The highest BCUT2D eigenvalue weighted by atomic mass is 16.5. The van der Waals surface area contributed by atoms with Crippen molar-refractivity contribution >= 4 is 5.97 Å². The van der Waals surface area contributed by atoms with Gasteiger partial charge in [0.25, 0.3) is 0 Å². The number of esters is 1. The third-order valence-corrected chi connectivity index (χ3v) is 3.99. The minimum Gasteiger partial charge on any atom is -0.466 e. The number of rotatable bonds is 6. The zero-order valence-electron chi connectivity index (χ0n) is 14.1. The third-order valence-electron chi connectivity index (χ3n) is 3.99. The smallest absolute Gasteiger partial charge is 0.306 e. The molecular formula is C20H25NO2. The summed E-state index contributed by atoms with van der Waals surface area (Å²) in [5.41, 5.74) is 9.18. The van der Waals surface area contributed by atoms with Gasteiger partial charge in [0.15, 0.2) is 0 Å². The van der Waals surface area contributed by atoms with Crippen molar-refractivity contribution in [1.29, 1.82) is 0 Å². The van der Waals surface area contributed by atoms with Gasteiger partial charge in [0.2, 0.25) is 0 Å².